The van der Waals surface area contributed by atoms with E-state index in [4.69, 9.17) is 16.3 Å². The Bertz CT molecular complexity index is 511. The molecule has 1 aromatic heterocycles. The van der Waals surface area contributed by atoms with E-state index in [1.165, 1.54) is 0 Å². The van der Waals surface area contributed by atoms with Crippen molar-refractivity contribution in [2.24, 2.45) is 0 Å². The lowest BCUT2D eigenvalue weighted by atomic mass is 10.1. The van der Waals surface area contributed by atoms with Crippen molar-refractivity contribution in [2.45, 2.75) is 19.8 Å². The molecule has 0 radical (unpaired) electrons. The Balaban J connectivity index is 2.64. The zero-order valence-corrected chi connectivity index (χ0v) is 10.2. The Labute approximate surface area is 100 Å². The van der Waals surface area contributed by atoms with Crippen LogP contribution in [0.25, 0.3) is 10.9 Å². The average Bonchev–Trinajstić information content (AvgIpc) is 2.30. The van der Waals surface area contributed by atoms with Gasteiger partial charge >= 0.3 is 0 Å². The van der Waals surface area contributed by atoms with Crippen molar-refractivity contribution < 1.29 is 4.74 Å². The van der Waals surface area contributed by atoms with Crippen LogP contribution in [0.2, 0.25) is 5.02 Å². The summed E-state index contributed by atoms with van der Waals surface area (Å²) in [6.07, 6.45) is 2.06. The Morgan fingerprint density at radius 3 is 2.75 bits per heavy atom. The summed E-state index contributed by atoms with van der Waals surface area (Å²) in [6, 6.07) is 7.73. The summed E-state index contributed by atoms with van der Waals surface area (Å²) in [7, 11) is 1.65. The number of aryl methyl sites for hydroxylation is 1. The number of benzene rings is 1. The van der Waals surface area contributed by atoms with Gasteiger partial charge in [-0.15, -0.1) is 0 Å². The number of fused-ring (bicyclic) bond motifs is 1. The van der Waals surface area contributed by atoms with Gasteiger partial charge in [-0.05, 0) is 30.7 Å². The first-order valence-corrected chi connectivity index (χ1v) is 5.76. The first-order chi connectivity index (χ1) is 7.76. The molecule has 0 bridgehead atoms. The van der Waals surface area contributed by atoms with Crippen molar-refractivity contribution in [3.05, 3.63) is 35.0 Å². The predicted octanol–water partition coefficient (Wildman–Crippen LogP) is 3.85. The summed E-state index contributed by atoms with van der Waals surface area (Å²) < 4.78 is 5.29. The molecular formula is C13H14ClNO. The van der Waals surface area contributed by atoms with E-state index in [2.05, 4.69) is 11.9 Å². The van der Waals surface area contributed by atoms with Crippen LogP contribution in [0.3, 0.4) is 0 Å². The van der Waals surface area contributed by atoms with Crippen LogP contribution in [0.5, 0.6) is 5.75 Å². The van der Waals surface area contributed by atoms with Crippen LogP contribution in [-0.2, 0) is 6.42 Å². The molecule has 1 aromatic carbocycles. The standard InChI is InChI=1S/C13H14ClNO/c1-3-4-9-5-6-10-11(14)7-8-12(16-2)13(10)15-9/h5-8H,3-4H2,1-2H3. The van der Waals surface area contributed by atoms with Gasteiger partial charge in [0.15, 0.2) is 0 Å². The Morgan fingerprint density at radius 1 is 1.25 bits per heavy atom. The topological polar surface area (TPSA) is 22.1 Å². The Hall–Kier alpha value is -1.28. The van der Waals surface area contributed by atoms with E-state index in [1.807, 2.05) is 24.3 Å². The van der Waals surface area contributed by atoms with Crippen molar-refractivity contribution in [1.82, 2.24) is 4.98 Å². The molecule has 0 amide bonds. The van der Waals surface area contributed by atoms with Crippen molar-refractivity contribution in [2.75, 3.05) is 7.11 Å². The van der Waals surface area contributed by atoms with Gasteiger partial charge in [-0.2, -0.15) is 0 Å². The summed E-state index contributed by atoms with van der Waals surface area (Å²) in [5.41, 5.74) is 1.93. The lowest BCUT2D eigenvalue weighted by Gasteiger charge is -2.07. The number of nitrogens with zero attached hydrogens (tertiary/aromatic N) is 1. The summed E-state index contributed by atoms with van der Waals surface area (Å²) in [4.78, 5) is 4.59. The molecule has 0 aliphatic rings. The number of aromatic nitrogens is 1. The number of hydrogen-bond donors (Lipinski definition) is 0. The van der Waals surface area contributed by atoms with Crippen molar-refractivity contribution in [1.29, 1.82) is 0 Å². The summed E-state index contributed by atoms with van der Waals surface area (Å²) >= 11 is 6.12. The summed E-state index contributed by atoms with van der Waals surface area (Å²) in [5, 5.41) is 1.66. The molecule has 0 unspecified atom stereocenters. The van der Waals surface area contributed by atoms with Crippen molar-refractivity contribution in [3.8, 4) is 5.75 Å². The molecule has 0 saturated heterocycles. The quantitative estimate of drug-likeness (QED) is 0.806. The van der Waals surface area contributed by atoms with E-state index >= 15 is 0 Å². The molecule has 1 heterocycles. The van der Waals surface area contributed by atoms with Gasteiger partial charge in [-0.25, -0.2) is 4.98 Å². The maximum Gasteiger partial charge on any atom is 0.145 e. The molecule has 16 heavy (non-hydrogen) atoms. The van der Waals surface area contributed by atoms with E-state index in [1.54, 1.807) is 7.11 Å². The summed E-state index contributed by atoms with van der Waals surface area (Å²) in [6.45, 7) is 2.14. The van der Waals surface area contributed by atoms with Crippen LogP contribution in [0.1, 0.15) is 19.0 Å². The molecule has 0 aliphatic heterocycles. The van der Waals surface area contributed by atoms with Crippen LogP contribution >= 0.6 is 11.6 Å². The number of halogens is 1. The molecule has 0 atom stereocenters. The molecule has 84 valence electrons. The van der Waals surface area contributed by atoms with Crippen LogP contribution in [0, 0.1) is 0 Å². The zero-order chi connectivity index (χ0) is 11.5. The van der Waals surface area contributed by atoms with Crippen molar-refractivity contribution in [3.63, 3.8) is 0 Å². The van der Waals surface area contributed by atoms with Crippen LogP contribution in [-0.4, -0.2) is 12.1 Å². The van der Waals surface area contributed by atoms with Gasteiger partial charge < -0.3 is 4.74 Å². The fourth-order valence-corrected chi connectivity index (χ4v) is 1.97. The monoisotopic (exact) mass is 235 g/mol. The van der Waals surface area contributed by atoms with Gasteiger partial charge in [-0.3, -0.25) is 0 Å². The third-order valence-corrected chi connectivity index (χ3v) is 2.88. The minimum absolute atomic E-state index is 0.714. The first-order valence-electron chi connectivity index (χ1n) is 5.38. The SMILES string of the molecule is CCCc1ccc2c(Cl)ccc(OC)c2n1. The minimum Gasteiger partial charge on any atom is -0.494 e. The highest BCUT2D eigenvalue weighted by Crippen LogP contribution is 2.30. The van der Waals surface area contributed by atoms with Gasteiger partial charge in [-0.1, -0.05) is 24.9 Å². The van der Waals surface area contributed by atoms with Gasteiger partial charge in [0.25, 0.3) is 0 Å². The third-order valence-electron chi connectivity index (χ3n) is 2.55. The molecule has 2 nitrogen and oxygen atoms in total. The predicted molar refractivity (Wildman–Crippen MR) is 67.3 cm³/mol. The molecule has 0 aliphatic carbocycles. The minimum atomic E-state index is 0.714. The van der Waals surface area contributed by atoms with Gasteiger partial charge in [0.1, 0.15) is 11.3 Å². The van der Waals surface area contributed by atoms with E-state index in [0.29, 0.717) is 5.02 Å². The lowest BCUT2D eigenvalue weighted by molar-refractivity contribution is 0.419. The fraction of sp³-hybridized carbons (Fsp3) is 0.308. The normalized spacial score (nSPS) is 10.7. The third kappa shape index (κ3) is 1.98. The van der Waals surface area contributed by atoms with Gasteiger partial charge in [0, 0.05) is 11.1 Å². The second-order valence-electron chi connectivity index (χ2n) is 3.70. The molecule has 0 spiro atoms. The van der Waals surface area contributed by atoms with E-state index in [0.717, 1.165) is 35.2 Å². The van der Waals surface area contributed by atoms with Crippen LogP contribution in [0.4, 0.5) is 0 Å². The molecule has 2 aromatic rings. The fourth-order valence-electron chi connectivity index (χ4n) is 1.76. The maximum atomic E-state index is 6.12. The second kappa shape index (κ2) is 4.71. The van der Waals surface area contributed by atoms with Crippen LogP contribution < -0.4 is 4.74 Å². The molecule has 0 N–H and O–H groups in total. The first kappa shape index (κ1) is 11.2. The molecule has 0 fully saturated rings. The second-order valence-corrected chi connectivity index (χ2v) is 4.11. The van der Waals surface area contributed by atoms with Crippen LogP contribution in [0.15, 0.2) is 24.3 Å². The highest BCUT2D eigenvalue weighted by Gasteiger charge is 2.07. The smallest absolute Gasteiger partial charge is 0.145 e. The molecule has 3 heteroatoms. The lowest BCUT2D eigenvalue weighted by Crippen LogP contribution is -1.93. The molecular weight excluding hydrogens is 222 g/mol. The van der Waals surface area contributed by atoms with Gasteiger partial charge in [0.2, 0.25) is 0 Å². The summed E-state index contributed by atoms with van der Waals surface area (Å²) in [5.74, 6) is 0.775. The number of ether oxygens (including phenoxy) is 1. The van der Waals surface area contributed by atoms with Crippen molar-refractivity contribution >= 4 is 22.5 Å². The van der Waals surface area contributed by atoms with E-state index in [-0.39, 0.29) is 0 Å². The maximum absolute atomic E-state index is 6.12. The largest absolute Gasteiger partial charge is 0.494 e. The Morgan fingerprint density at radius 2 is 2.06 bits per heavy atom. The Kier molecular flexibility index (Phi) is 3.30. The number of methoxy groups -OCH3 is 1. The van der Waals surface area contributed by atoms with Gasteiger partial charge in [0.05, 0.1) is 12.1 Å². The zero-order valence-electron chi connectivity index (χ0n) is 9.46. The average molecular weight is 236 g/mol. The highest BCUT2D eigenvalue weighted by molar-refractivity contribution is 6.35. The molecule has 0 saturated carbocycles. The number of pyridine rings is 1. The van der Waals surface area contributed by atoms with E-state index in [9.17, 15) is 0 Å². The molecule has 2 rings (SSSR count). The van der Waals surface area contributed by atoms with E-state index < -0.39 is 0 Å². The number of hydrogen-bond acceptors (Lipinski definition) is 2. The highest BCUT2D eigenvalue weighted by atomic mass is 35.5. The number of rotatable bonds is 3.